The van der Waals surface area contributed by atoms with E-state index in [0.29, 0.717) is 25.3 Å². The molecule has 1 aromatic heterocycles. The van der Waals surface area contributed by atoms with E-state index in [4.69, 9.17) is 4.74 Å². The van der Waals surface area contributed by atoms with Gasteiger partial charge in [0.25, 0.3) is 0 Å². The van der Waals surface area contributed by atoms with Gasteiger partial charge in [0.2, 0.25) is 10.0 Å². The monoisotopic (exact) mass is 381 g/mol. The zero-order valence-corrected chi connectivity index (χ0v) is 15.7. The summed E-state index contributed by atoms with van der Waals surface area (Å²) in [5, 5.41) is 0. The van der Waals surface area contributed by atoms with Gasteiger partial charge in [-0.3, -0.25) is 0 Å². The summed E-state index contributed by atoms with van der Waals surface area (Å²) in [6.45, 7) is 2.67. The highest BCUT2D eigenvalue weighted by molar-refractivity contribution is 7.89. The van der Waals surface area contributed by atoms with Crippen molar-refractivity contribution in [1.29, 1.82) is 0 Å². The van der Waals surface area contributed by atoms with Crippen LogP contribution in [0.25, 0.3) is 0 Å². The van der Waals surface area contributed by atoms with Crippen molar-refractivity contribution in [3.8, 4) is 11.5 Å². The lowest BCUT2D eigenvalue weighted by Gasteiger charge is -2.27. The van der Waals surface area contributed by atoms with Gasteiger partial charge >= 0.3 is 0 Å². The van der Waals surface area contributed by atoms with E-state index in [0.717, 1.165) is 22.6 Å². The number of benzene rings is 2. The Morgan fingerprint density at radius 1 is 1.07 bits per heavy atom. The predicted molar refractivity (Wildman–Crippen MR) is 101 cm³/mol. The first-order chi connectivity index (χ1) is 13.0. The van der Waals surface area contributed by atoms with Crippen LogP contribution in [-0.2, 0) is 23.0 Å². The van der Waals surface area contributed by atoms with Gasteiger partial charge in [-0.05, 0) is 42.8 Å². The molecule has 0 saturated carbocycles. The maximum Gasteiger partial charge on any atom is 0.243 e. The molecule has 0 saturated heterocycles. The molecule has 4 rings (SSSR count). The van der Waals surface area contributed by atoms with Gasteiger partial charge in [0.05, 0.1) is 4.90 Å². The first-order valence-corrected chi connectivity index (χ1v) is 10.1. The number of hydrogen-bond acceptors (Lipinski definition) is 5. The van der Waals surface area contributed by atoms with Crippen molar-refractivity contribution in [2.45, 2.75) is 24.8 Å². The van der Waals surface area contributed by atoms with Gasteiger partial charge < -0.3 is 4.74 Å². The molecule has 6 nitrogen and oxygen atoms in total. The van der Waals surface area contributed by atoms with E-state index in [9.17, 15) is 8.42 Å². The molecule has 0 radical (unpaired) electrons. The summed E-state index contributed by atoms with van der Waals surface area (Å²) in [4.78, 5) is 8.46. The van der Waals surface area contributed by atoms with Crippen molar-refractivity contribution >= 4 is 10.0 Å². The number of ether oxygens (including phenoxy) is 1. The van der Waals surface area contributed by atoms with Gasteiger partial charge in [0.15, 0.2) is 0 Å². The quantitative estimate of drug-likeness (QED) is 0.693. The van der Waals surface area contributed by atoms with Crippen LogP contribution >= 0.6 is 0 Å². The third kappa shape index (κ3) is 3.56. The molecular weight excluding hydrogens is 362 g/mol. The summed E-state index contributed by atoms with van der Waals surface area (Å²) in [6.07, 6.45) is 3.77. The lowest BCUT2D eigenvalue weighted by molar-refractivity contribution is 0.386. The Balaban J connectivity index is 1.54. The second-order valence-corrected chi connectivity index (χ2v) is 8.36. The molecular formula is C20H19N3O3S. The second-order valence-electron chi connectivity index (χ2n) is 6.42. The third-order valence-electron chi connectivity index (χ3n) is 4.61. The Hall–Kier alpha value is -2.77. The highest BCUT2D eigenvalue weighted by Gasteiger charge is 2.28. The van der Waals surface area contributed by atoms with Crippen LogP contribution in [0.4, 0.5) is 0 Å². The highest BCUT2D eigenvalue weighted by Crippen LogP contribution is 2.28. The van der Waals surface area contributed by atoms with Gasteiger partial charge in [0.1, 0.15) is 17.8 Å². The van der Waals surface area contributed by atoms with Gasteiger partial charge in [-0.1, -0.05) is 18.2 Å². The number of aromatic nitrogens is 2. The molecule has 0 amide bonds. The van der Waals surface area contributed by atoms with Crippen LogP contribution in [0.15, 0.2) is 66.0 Å². The molecule has 0 spiro atoms. The van der Waals surface area contributed by atoms with Crippen molar-refractivity contribution in [2.75, 3.05) is 6.54 Å². The van der Waals surface area contributed by atoms with Crippen LogP contribution in [0.5, 0.6) is 11.5 Å². The first kappa shape index (κ1) is 17.6. The molecule has 1 aliphatic heterocycles. The largest absolute Gasteiger partial charge is 0.457 e. The van der Waals surface area contributed by atoms with E-state index in [1.165, 1.54) is 10.6 Å². The fourth-order valence-electron chi connectivity index (χ4n) is 3.07. The lowest BCUT2D eigenvalue weighted by atomic mass is 10.1. The third-order valence-corrected chi connectivity index (χ3v) is 6.47. The molecule has 2 heterocycles. The average molecular weight is 381 g/mol. The van der Waals surface area contributed by atoms with E-state index in [1.807, 2.05) is 31.2 Å². The maximum atomic E-state index is 13.0. The van der Waals surface area contributed by atoms with Crippen molar-refractivity contribution in [2.24, 2.45) is 0 Å². The normalized spacial score (nSPS) is 14.6. The summed E-state index contributed by atoms with van der Waals surface area (Å²) in [5.41, 5.74) is 2.79. The minimum absolute atomic E-state index is 0.250. The molecule has 27 heavy (non-hydrogen) atoms. The topological polar surface area (TPSA) is 72.4 Å². The Labute approximate surface area is 158 Å². The van der Waals surface area contributed by atoms with E-state index < -0.39 is 10.0 Å². The summed E-state index contributed by atoms with van der Waals surface area (Å²) in [7, 11) is -3.58. The Morgan fingerprint density at radius 2 is 1.85 bits per heavy atom. The molecule has 0 bridgehead atoms. The van der Waals surface area contributed by atoms with E-state index in [-0.39, 0.29) is 4.90 Å². The number of rotatable bonds is 4. The number of aryl methyl sites for hydroxylation is 1. The molecule has 0 aliphatic carbocycles. The van der Waals surface area contributed by atoms with Crippen molar-refractivity contribution in [3.05, 3.63) is 77.9 Å². The van der Waals surface area contributed by atoms with Crippen molar-refractivity contribution < 1.29 is 13.2 Å². The maximum absolute atomic E-state index is 13.0. The highest BCUT2D eigenvalue weighted by atomic mass is 32.2. The minimum atomic E-state index is -3.58. The van der Waals surface area contributed by atoms with Crippen molar-refractivity contribution in [1.82, 2.24) is 14.3 Å². The van der Waals surface area contributed by atoms with Crippen LogP contribution < -0.4 is 4.74 Å². The number of sulfonamides is 1. The number of nitrogens with zero attached hydrogens (tertiary/aromatic N) is 3. The van der Waals surface area contributed by atoms with Crippen LogP contribution in [0.3, 0.4) is 0 Å². The van der Waals surface area contributed by atoms with Crippen LogP contribution in [0.1, 0.15) is 16.8 Å². The average Bonchev–Trinajstić information content (AvgIpc) is 2.70. The zero-order chi connectivity index (χ0) is 18.9. The molecule has 0 atom stereocenters. The molecule has 0 N–H and O–H groups in total. The molecule has 0 fully saturated rings. The Kier molecular flexibility index (Phi) is 4.63. The van der Waals surface area contributed by atoms with E-state index >= 15 is 0 Å². The van der Waals surface area contributed by atoms with Crippen LogP contribution in [-0.4, -0.2) is 29.2 Å². The zero-order valence-electron chi connectivity index (χ0n) is 14.9. The number of para-hydroxylation sites is 1. The lowest BCUT2D eigenvalue weighted by Crippen LogP contribution is -2.36. The molecule has 3 aromatic rings. The van der Waals surface area contributed by atoms with Gasteiger partial charge in [0, 0.05) is 37.0 Å². The summed E-state index contributed by atoms with van der Waals surface area (Å²) < 4.78 is 33.2. The molecule has 7 heteroatoms. The standard InChI is InChI=1S/C20H19N3O3S/c1-15-4-2-3-5-20(15)26-17-6-8-18(9-7-17)27(24,25)23-11-10-19-16(13-23)12-21-14-22-19/h2-9,12,14H,10-11,13H2,1H3. The van der Waals surface area contributed by atoms with Gasteiger partial charge in [-0.2, -0.15) is 4.31 Å². The van der Waals surface area contributed by atoms with Crippen LogP contribution in [0.2, 0.25) is 0 Å². The van der Waals surface area contributed by atoms with Crippen LogP contribution in [0, 0.1) is 6.92 Å². The minimum Gasteiger partial charge on any atom is -0.457 e. The number of fused-ring (bicyclic) bond motifs is 1. The summed E-state index contributed by atoms with van der Waals surface area (Å²) in [6, 6.07) is 14.2. The van der Waals surface area contributed by atoms with E-state index in [1.54, 1.807) is 30.5 Å². The molecule has 1 aliphatic rings. The second kappa shape index (κ2) is 7.09. The fraction of sp³-hybridized carbons (Fsp3) is 0.200. The van der Waals surface area contributed by atoms with Gasteiger partial charge in [-0.15, -0.1) is 0 Å². The smallest absolute Gasteiger partial charge is 0.243 e. The molecule has 138 valence electrons. The molecule has 0 unspecified atom stereocenters. The molecule has 2 aromatic carbocycles. The first-order valence-electron chi connectivity index (χ1n) is 8.65. The Morgan fingerprint density at radius 3 is 2.63 bits per heavy atom. The van der Waals surface area contributed by atoms with Crippen molar-refractivity contribution in [3.63, 3.8) is 0 Å². The fourth-order valence-corrected chi connectivity index (χ4v) is 4.49. The summed E-state index contributed by atoms with van der Waals surface area (Å²) >= 11 is 0. The SMILES string of the molecule is Cc1ccccc1Oc1ccc(S(=O)(=O)N2CCc3ncncc3C2)cc1. The van der Waals surface area contributed by atoms with Gasteiger partial charge in [-0.25, -0.2) is 18.4 Å². The van der Waals surface area contributed by atoms with E-state index in [2.05, 4.69) is 9.97 Å². The predicted octanol–water partition coefficient (Wildman–Crippen LogP) is 3.32. The summed E-state index contributed by atoms with van der Waals surface area (Å²) in [5.74, 6) is 1.35. The number of hydrogen-bond donors (Lipinski definition) is 0. The Bertz CT molecular complexity index is 1070.